The van der Waals surface area contributed by atoms with Gasteiger partial charge in [0.15, 0.2) is 0 Å². The molecule has 2 rings (SSSR count). The van der Waals surface area contributed by atoms with Crippen LogP contribution in [0.5, 0.6) is 0 Å². The van der Waals surface area contributed by atoms with Crippen LogP contribution in [-0.2, 0) is 0 Å². The zero-order valence-electron chi connectivity index (χ0n) is 10.6. The topological polar surface area (TPSA) is 12.0 Å². The fourth-order valence-corrected chi connectivity index (χ4v) is 3.22. The van der Waals surface area contributed by atoms with Crippen molar-refractivity contribution in [1.82, 2.24) is 5.32 Å². The Hall–Kier alpha value is -0.820. The van der Waals surface area contributed by atoms with Crippen molar-refractivity contribution >= 4 is 0 Å². The average Bonchev–Trinajstić information content (AvgIpc) is 2.31. The van der Waals surface area contributed by atoms with Gasteiger partial charge in [0, 0.05) is 6.04 Å². The molecule has 1 aromatic carbocycles. The number of hydrogen-bond donors (Lipinski definition) is 1. The molecular weight excluding hydrogens is 194 g/mol. The molecule has 1 aliphatic rings. The molecule has 16 heavy (non-hydrogen) atoms. The van der Waals surface area contributed by atoms with Gasteiger partial charge in [0.25, 0.3) is 0 Å². The Labute approximate surface area is 99.3 Å². The van der Waals surface area contributed by atoms with Crippen LogP contribution in [0.2, 0.25) is 0 Å². The zero-order chi connectivity index (χ0) is 11.5. The summed E-state index contributed by atoms with van der Waals surface area (Å²) in [5, 5.41) is 3.67. The normalized spacial score (nSPS) is 33.4. The van der Waals surface area contributed by atoms with Crippen molar-refractivity contribution in [3.05, 3.63) is 35.9 Å². The molecule has 1 nitrogen and oxygen atoms in total. The van der Waals surface area contributed by atoms with E-state index in [9.17, 15) is 0 Å². The predicted octanol–water partition coefficient (Wildman–Crippen LogP) is 3.42. The number of hydrogen-bond acceptors (Lipinski definition) is 1. The van der Waals surface area contributed by atoms with Crippen LogP contribution in [0, 0.1) is 11.8 Å². The third-order valence-electron chi connectivity index (χ3n) is 4.08. The Morgan fingerprint density at radius 2 is 1.69 bits per heavy atom. The second kappa shape index (κ2) is 5.01. The lowest BCUT2D eigenvalue weighted by Gasteiger charge is -2.50. The summed E-state index contributed by atoms with van der Waals surface area (Å²) in [7, 11) is 0. The molecule has 1 N–H and O–H groups in total. The summed E-state index contributed by atoms with van der Waals surface area (Å²) in [6.07, 6.45) is 1.23. The van der Waals surface area contributed by atoms with E-state index in [0.717, 1.165) is 24.3 Å². The highest BCUT2D eigenvalue weighted by atomic mass is 15.0. The van der Waals surface area contributed by atoms with Gasteiger partial charge in [-0.1, -0.05) is 51.1 Å². The van der Waals surface area contributed by atoms with E-state index in [1.807, 2.05) is 0 Å². The molecule has 1 aliphatic carbocycles. The smallest absolute Gasteiger partial charge is 0.0130 e. The van der Waals surface area contributed by atoms with Gasteiger partial charge < -0.3 is 5.32 Å². The van der Waals surface area contributed by atoms with E-state index in [1.165, 1.54) is 12.0 Å². The molecule has 1 fully saturated rings. The zero-order valence-corrected chi connectivity index (χ0v) is 10.6. The molecule has 0 radical (unpaired) electrons. The molecule has 1 heteroatoms. The standard InChI is InChI=1S/C15H23N/c1-4-10-16-15-11(2)14(12(15)3)13-8-6-5-7-9-13/h5-9,11-12,14-16H,4,10H2,1-3H3. The van der Waals surface area contributed by atoms with E-state index < -0.39 is 0 Å². The molecule has 1 saturated carbocycles. The molecule has 0 amide bonds. The second-order valence-electron chi connectivity index (χ2n) is 5.13. The van der Waals surface area contributed by atoms with E-state index in [0.29, 0.717) is 6.04 Å². The highest BCUT2D eigenvalue weighted by Crippen LogP contribution is 2.47. The van der Waals surface area contributed by atoms with Gasteiger partial charge in [-0.3, -0.25) is 0 Å². The van der Waals surface area contributed by atoms with E-state index in [2.05, 4.69) is 56.4 Å². The summed E-state index contributed by atoms with van der Waals surface area (Å²) in [5.41, 5.74) is 1.51. The van der Waals surface area contributed by atoms with Crippen LogP contribution in [-0.4, -0.2) is 12.6 Å². The quantitative estimate of drug-likeness (QED) is 0.815. The summed E-state index contributed by atoms with van der Waals surface area (Å²) in [4.78, 5) is 0. The van der Waals surface area contributed by atoms with Crippen molar-refractivity contribution in [2.75, 3.05) is 6.54 Å². The van der Waals surface area contributed by atoms with Crippen molar-refractivity contribution in [3.8, 4) is 0 Å². The van der Waals surface area contributed by atoms with Gasteiger partial charge >= 0.3 is 0 Å². The molecule has 88 valence electrons. The molecule has 0 heterocycles. The second-order valence-corrected chi connectivity index (χ2v) is 5.13. The van der Waals surface area contributed by atoms with Gasteiger partial charge in [-0.15, -0.1) is 0 Å². The fourth-order valence-electron chi connectivity index (χ4n) is 3.22. The van der Waals surface area contributed by atoms with Crippen LogP contribution < -0.4 is 5.32 Å². The largest absolute Gasteiger partial charge is 0.313 e. The molecule has 0 saturated heterocycles. The van der Waals surface area contributed by atoms with Gasteiger partial charge in [-0.2, -0.15) is 0 Å². The summed E-state index contributed by atoms with van der Waals surface area (Å²) >= 11 is 0. The molecule has 2 unspecified atom stereocenters. The monoisotopic (exact) mass is 217 g/mol. The molecule has 0 bridgehead atoms. The predicted molar refractivity (Wildman–Crippen MR) is 69.6 cm³/mol. The van der Waals surface area contributed by atoms with Crippen molar-refractivity contribution in [2.45, 2.75) is 39.2 Å². The lowest BCUT2D eigenvalue weighted by molar-refractivity contribution is 0.0968. The molecule has 0 aliphatic heterocycles. The third kappa shape index (κ3) is 2.01. The summed E-state index contributed by atoms with van der Waals surface area (Å²) in [6, 6.07) is 11.7. The van der Waals surface area contributed by atoms with E-state index >= 15 is 0 Å². The Balaban J connectivity index is 2.00. The van der Waals surface area contributed by atoms with Crippen LogP contribution in [0.15, 0.2) is 30.3 Å². The number of rotatable bonds is 4. The third-order valence-corrected chi connectivity index (χ3v) is 4.08. The van der Waals surface area contributed by atoms with Crippen molar-refractivity contribution in [2.24, 2.45) is 11.8 Å². The van der Waals surface area contributed by atoms with Gasteiger partial charge in [-0.25, -0.2) is 0 Å². The molecule has 0 aromatic heterocycles. The van der Waals surface area contributed by atoms with Crippen LogP contribution in [0.4, 0.5) is 0 Å². The Bertz CT molecular complexity index is 309. The van der Waals surface area contributed by atoms with E-state index in [1.54, 1.807) is 0 Å². The van der Waals surface area contributed by atoms with Gasteiger partial charge in [-0.05, 0) is 36.3 Å². The average molecular weight is 217 g/mol. The Morgan fingerprint density at radius 1 is 1.06 bits per heavy atom. The maximum absolute atomic E-state index is 3.67. The minimum absolute atomic E-state index is 0.713. The molecule has 0 spiro atoms. The van der Waals surface area contributed by atoms with Crippen LogP contribution in [0.3, 0.4) is 0 Å². The summed E-state index contributed by atoms with van der Waals surface area (Å²) in [6.45, 7) is 8.15. The minimum Gasteiger partial charge on any atom is -0.313 e. The Kier molecular flexibility index (Phi) is 3.65. The highest BCUT2D eigenvalue weighted by molar-refractivity contribution is 5.26. The first kappa shape index (κ1) is 11.7. The lowest BCUT2D eigenvalue weighted by atomic mass is 9.59. The first-order valence-corrected chi connectivity index (χ1v) is 6.54. The van der Waals surface area contributed by atoms with Crippen molar-refractivity contribution in [1.29, 1.82) is 0 Å². The lowest BCUT2D eigenvalue weighted by Crippen LogP contribution is -2.55. The van der Waals surface area contributed by atoms with E-state index in [-0.39, 0.29) is 0 Å². The number of benzene rings is 1. The maximum Gasteiger partial charge on any atom is 0.0130 e. The molecule has 2 atom stereocenters. The molecular formula is C15H23N. The van der Waals surface area contributed by atoms with Crippen LogP contribution in [0.25, 0.3) is 0 Å². The summed E-state index contributed by atoms with van der Waals surface area (Å²) < 4.78 is 0. The maximum atomic E-state index is 3.67. The van der Waals surface area contributed by atoms with Gasteiger partial charge in [0.1, 0.15) is 0 Å². The Morgan fingerprint density at radius 3 is 2.25 bits per heavy atom. The molecule has 1 aromatic rings. The van der Waals surface area contributed by atoms with Crippen molar-refractivity contribution in [3.63, 3.8) is 0 Å². The van der Waals surface area contributed by atoms with Crippen molar-refractivity contribution < 1.29 is 0 Å². The first-order valence-electron chi connectivity index (χ1n) is 6.54. The summed E-state index contributed by atoms with van der Waals surface area (Å²) in [5.74, 6) is 2.28. The SMILES string of the molecule is CCCNC1C(C)C(c2ccccc2)C1C. The van der Waals surface area contributed by atoms with Crippen LogP contribution in [0.1, 0.15) is 38.7 Å². The number of nitrogens with one attached hydrogen (secondary N) is 1. The first-order chi connectivity index (χ1) is 7.75. The van der Waals surface area contributed by atoms with Gasteiger partial charge in [0.05, 0.1) is 0 Å². The van der Waals surface area contributed by atoms with Gasteiger partial charge in [0.2, 0.25) is 0 Å². The fraction of sp³-hybridized carbons (Fsp3) is 0.600. The minimum atomic E-state index is 0.713. The van der Waals surface area contributed by atoms with Crippen LogP contribution >= 0.6 is 0 Å². The van der Waals surface area contributed by atoms with E-state index in [4.69, 9.17) is 0 Å². The highest BCUT2D eigenvalue weighted by Gasteiger charge is 2.44.